The zero-order valence-corrected chi connectivity index (χ0v) is 55.0. The Kier molecular flexibility index (Phi) is 17.9. The lowest BCUT2D eigenvalue weighted by Gasteiger charge is -2.33. The third kappa shape index (κ3) is 14.5. The van der Waals surface area contributed by atoms with E-state index in [1.165, 1.54) is 76.5 Å². The normalized spacial score (nSPS) is 13.6. The summed E-state index contributed by atoms with van der Waals surface area (Å²) in [5.74, 6) is 0.490. The minimum atomic E-state index is 0.0653. The Bertz CT molecular complexity index is 4210. The van der Waals surface area contributed by atoms with Gasteiger partial charge in [-0.3, -0.25) is 0 Å². The molecule has 11 aromatic rings. The summed E-state index contributed by atoms with van der Waals surface area (Å²) in [6.07, 6.45) is 17.0. The van der Waals surface area contributed by atoms with Crippen molar-refractivity contribution in [3.05, 3.63) is 304 Å². The summed E-state index contributed by atoms with van der Waals surface area (Å²) in [4.78, 5) is 4.56. The lowest BCUT2D eigenvalue weighted by atomic mass is 9.71. The number of benzene rings is 11. The number of rotatable bonds is 12. The van der Waals surface area contributed by atoms with Gasteiger partial charge in [0.1, 0.15) is 0 Å². The number of hydrogen-bond acceptors (Lipinski definition) is 2. The highest BCUT2D eigenvalue weighted by Crippen LogP contribution is 2.41. The van der Waals surface area contributed by atoms with Crippen molar-refractivity contribution in [1.29, 1.82) is 0 Å². The highest BCUT2D eigenvalue weighted by atomic mass is 15.1. The Morgan fingerprint density at radius 3 is 1.04 bits per heavy atom. The van der Waals surface area contributed by atoms with E-state index in [-0.39, 0.29) is 21.7 Å². The first-order valence-electron chi connectivity index (χ1n) is 32.1. The van der Waals surface area contributed by atoms with E-state index in [1.807, 2.05) is 0 Å². The molecule has 2 heteroatoms. The van der Waals surface area contributed by atoms with Crippen molar-refractivity contribution in [1.82, 2.24) is 0 Å². The number of nitrogens with zero attached hydrogens (tertiary/aromatic N) is 2. The molecule has 0 fully saturated rings. The number of hydrogen-bond donors (Lipinski definition) is 0. The number of para-hydroxylation sites is 4. The van der Waals surface area contributed by atoms with E-state index in [0.29, 0.717) is 5.92 Å². The Labute approximate surface area is 537 Å². The van der Waals surface area contributed by atoms with Crippen LogP contribution in [0.2, 0.25) is 0 Å². The molecular formula is C88H88N2. The number of allylic oxidation sites excluding steroid dienone is 1. The topological polar surface area (TPSA) is 6.48 Å². The lowest BCUT2D eigenvalue weighted by Crippen LogP contribution is -2.31. The third-order valence-corrected chi connectivity index (χ3v) is 17.5. The van der Waals surface area contributed by atoms with Crippen molar-refractivity contribution in [3.63, 3.8) is 0 Å². The predicted molar refractivity (Wildman–Crippen MR) is 395 cm³/mol. The summed E-state index contributed by atoms with van der Waals surface area (Å²) in [5.41, 5.74) is 19.8. The summed E-state index contributed by atoms with van der Waals surface area (Å²) < 4.78 is 0. The molecule has 2 nitrogen and oxygen atoms in total. The standard InChI is InChI=1S/C52H40N2.C36H48/c1-5-13-47(14-6-1)53(48-15-7-2-8-16-48)51-37-29-43(30-38-51)23-21-41-25-33-45(34-26-41)46-35-27-42(28-36-46)22-24-44-31-39-52(40-32-44)54(49-17-9-3-10-18-49)50-19-11-4-12-20-50;1-22-28-19-26(35(8,9)10)17-24-18-27(36(11,12)13)21-30(32(24)28)29-20-25(34(5,6)7)16-23(31(22)29)14-15-33(2,3)4/h1-40H;14-18,20-21,26H,1,19H2,2-13H3/b23-21+,24-22+;15-14+. The van der Waals surface area contributed by atoms with Gasteiger partial charge in [-0.2, -0.15) is 0 Å². The predicted octanol–water partition coefficient (Wildman–Crippen LogP) is 23.7. The maximum absolute atomic E-state index is 4.78. The molecule has 0 aliphatic heterocycles. The van der Waals surface area contributed by atoms with E-state index in [9.17, 15) is 0 Å². The summed E-state index contributed by atoms with van der Waals surface area (Å²) in [7, 11) is 0. The third-order valence-electron chi connectivity index (χ3n) is 17.5. The zero-order valence-electron chi connectivity index (χ0n) is 55.0. The Hall–Kier alpha value is -9.50. The Balaban J connectivity index is 0.000000201. The van der Waals surface area contributed by atoms with Gasteiger partial charge in [-0.05, 0) is 207 Å². The molecule has 1 unspecified atom stereocenters. The molecule has 0 aromatic heterocycles. The SMILES string of the molecule is C(=C\c1ccc(N(c2ccccc2)c2ccccc2)cc1)/c1ccc(-c2ccc(/C=C/c3ccc(N(c4ccccc4)c4ccccc4)cc3)cc2)cc1.C=c1c2c3c(cc(C(C)(C)C)cc3c3cc(C(C)(C)C)cc(/C=C/C(C)(C)C)c13)=CC(C(C)(C)C)C2. The van der Waals surface area contributed by atoms with Crippen LogP contribution < -0.4 is 20.2 Å². The van der Waals surface area contributed by atoms with Gasteiger partial charge >= 0.3 is 0 Å². The van der Waals surface area contributed by atoms with Crippen molar-refractivity contribution in [2.45, 2.75) is 100 Å². The van der Waals surface area contributed by atoms with Crippen LogP contribution >= 0.6 is 0 Å². The zero-order chi connectivity index (χ0) is 63.4. The fraction of sp³-hybridized carbons (Fsp3) is 0.205. The molecule has 12 rings (SSSR count). The Morgan fingerprint density at radius 2 is 0.700 bits per heavy atom. The lowest BCUT2D eigenvalue weighted by molar-refractivity contribution is 0.306. The van der Waals surface area contributed by atoms with Crippen molar-refractivity contribution in [2.24, 2.45) is 16.7 Å². The second-order valence-corrected chi connectivity index (χ2v) is 28.6. The van der Waals surface area contributed by atoms with Gasteiger partial charge < -0.3 is 9.80 Å². The monoisotopic (exact) mass is 1170 g/mol. The summed E-state index contributed by atoms with van der Waals surface area (Å²) in [6, 6.07) is 86.7. The van der Waals surface area contributed by atoms with Gasteiger partial charge in [0.05, 0.1) is 0 Å². The van der Waals surface area contributed by atoms with Crippen molar-refractivity contribution >= 4 is 98.7 Å². The van der Waals surface area contributed by atoms with Crippen LogP contribution in [0.5, 0.6) is 0 Å². The molecule has 0 amide bonds. The van der Waals surface area contributed by atoms with Crippen LogP contribution in [0.1, 0.15) is 128 Å². The molecule has 0 radical (unpaired) electrons. The number of fused-ring (bicyclic) bond motifs is 2. The fourth-order valence-electron chi connectivity index (χ4n) is 12.1. The number of anilines is 6. The van der Waals surface area contributed by atoms with Crippen LogP contribution in [0.15, 0.2) is 249 Å². The molecule has 90 heavy (non-hydrogen) atoms. The molecule has 11 aromatic carbocycles. The smallest absolute Gasteiger partial charge is 0.0462 e. The first-order valence-corrected chi connectivity index (χ1v) is 32.1. The van der Waals surface area contributed by atoms with Crippen molar-refractivity contribution in [3.8, 4) is 11.1 Å². The molecule has 0 N–H and O–H groups in total. The van der Waals surface area contributed by atoms with E-state index < -0.39 is 0 Å². The van der Waals surface area contributed by atoms with E-state index in [2.05, 4.69) is 378 Å². The molecule has 1 atom stereocenters. The first-order chi connectivity index (χ1) is 43.0. The van der Waals surface area contributed by atoms with Gasteiger partial charge in [-0.15, -0.1) is 0 Å². The molecule has 0 saturated heterocycles. The molecule has 1 aliphatic carbocycles. The van der Waals surface area contributed by atoms with E-state index in [4.69, 9.17) is 6.58 Å². The van der Waals surface area contributed by atoms with E-state index >= 15 is 0 Å². The quantitative estimate of drug-likeness (QED) is 0.0889. The largest absolute Gasteiger partial charge is 0.311 e. The van der Waals surface area contributed by atoms with Crippen LogP contribution in [-0.4, -0.2) is 0 Å². The maximum atomic E-state index is 4.78. The van der Waals surface area contributed by atoms with Crippen LogP contribution in [0.3, 0.4) is 0 Å². The molecule has 0 heterocycles. The van der Waals surface area contributed by atoms with Crippen LogP contribution in [0.25, 0.3) is 75.7 Å². The molecule has 0 spiro atoms. The highest BCUT2D eigenvalue weighted by Gasteiger charge is 2.30. The summed E-state index contributed by atoms with van der Waals surface area (Å²) in [6.45, 7) is 32.7. The van der Waals surface area contributed by atoms with E-state index in [0.717, 1.165) is 51.7 Å². The second kappa shape index (κ2) is 25.9. The fourth-order valence-corrected chi connectivity index (χ4v) is 12.1. The minimum Gasteiger partial charge on any atom is -0.311 e. The van der Waals surface area contributed by atoms with Crippen molar-refractivity contribution in [2.75, 3.05) is 9.80 Å². The van der Waals surface area contributed by atoms with Gasteiger partial charge in [0.2, 0.25) is 0 Å². The molecular weight excluding hydrogens is 1080 g/mol. The minimum absolute atomic E-state index is 0.0653. The molecule has 450 valence electrons. The van der Waals surface area contributed by atoms with Gasteiger partial charge in [-0.25, -0.2) is 0 Å². The van der Waals surface area contributed by atoms with Crippen LogP contribution in [0, 0.1) is 16.7 Å². The summed E-state index contributed by atoms with van der Waals surface area (Å²) in [5, 5.41) is 8.14. The molecule has 1 aliphatic rings. The second-order valence-electron chi connectivity index (χ2n) is 28.6. The van der Waals surface area contributed by atoms with E-state index in [1.54, 1.807) is 0 Å². The summed E-state index contributed by atoms with van der Waals surface area (Å²) >= 11 is 0. The highest BCUT2D eigenvalue weighted by molar-refractivity contribution is 6.13. The molecule has 0 saturated carbocycles. The average Bonchev–Trinajstić information content (AvgIpc) is 0.730. The van der Waals surface area contributed by atoms with Crippen LogP contribution in [0.4, 0.5) is 34.1 Å². The first kappa shape index (κ1) is 62.1. The van der Waals surface area contributed by atoms with Gasteiger partial charge in [0, 0.05) is 34.1 Å². The van der Waals surface area contributed by atoms with Crippen molar-refractivity contribution < 1.29 is 0 Å². The van der Waals surface area contributed by atoms with Crippen LogP contribution in [-0.2, 0) is 17.3 Å². The molecule has 0 bridgehead atoms. The maximum Gasteiger partial charge on any atom is 0.0462 e. The average molecular weight is 1170 g/mol. The van der Waals surface area contributed by atoms with Gasteiger partial charge in [0.25, 0.3) is 0 Å². The van der Waals surface area contributed by atoms with Gasteiger partial charge in [0.15, 0.2) is 0 Å². The van der Waals surface area contributed by atoms with Gasteiger partial charge in [-0.1, -0.05) is 290 Å². The Morgan fingerprint density at radius 1 is 0.367 bits per heavy atom.